The smallest absolute Gasteiger partial charge is 0.406 e. The van der Waals surface area contributed by atoms with Crippen molar-refractivity contribution in [2.45, 2.75) is 6.36 Å². The molecule has 0 bridgehead atoms. The van der Waals surface area contributed by atoms with Crippen LogP contribution in [0.15, 0.2) is 182 Å². The summed E-state index contributed by atoms with van der Waals surface area (Å²) in [5.41, 5.74) is 5.65. The van der Waals surface area contributed by atoms with Crippen LogP contribution in [0.5, 0.6) is 5.75 Å². The fourth-order valence-corrected chi connectivity index (χ4v) is 9.13. The molecule has 0 atom stereocenters. The van der Waals surface area contributed by atoms with Crippen molar-refractivity contribution in [3.8, 4) is 50.3 Å². The number of benzene rings is 11. The number of ether oxygens (including phenoxy) is 1. The molecule has 0 spiro atoms. The zero-order valence-corrected chi connectivity index (χ0v) is 32.5. The predicted molar refractivity (Wildman–Crippen MR) is 240 cm³/mol. The van der Waals surface area contributed by atoms with Gasteiger partial charge in [0.2, 0.25) is 0 Å². The number of hydrogen-bond donors (Lipinski definition) is 0. The van der Waals surface area contributed by atoms with Crippen LogP contribution in [-0.2, 0) is 0 Å². The molecule has 0 fully saturated rings. The highest BCUT2D eigenvalue weighted by Crippen LogP contribution is 2.46. The fraction of sp³-hybridized carbons (Fsp3) is 0.0182. The summed E-state index contributed by atoms with van der Waals surface area (Å²) in [5, 5.41) is 11.6. The Morgan fingerprint density at radius 3 is 1.16 bits per heavy atom. The van der Waals surface area contributed by atoms with E-state index in [1.54, 1.807) is 12.1 Å². The van der Waals surface area contributed by atoms with Crippen molar-refractivity contribution in [3.05, 3.63) is 199 Å². The summed E-state index contributed by atoms with van der Waals surface area (Å²) < 4.78 is 87.9. The van der Waals surface area contributed by atoms with Gasteiger partial charge in [-0.3, -0.25) is 0 Å². The Labute approximate surface area is 350 Å². The molecule has 0 aromatic heterocycles. The molecule has 0 aliphatic carbocycles. The first-order valence-electron chi connectivity index (χ1n) is 19.9. The lowest BCUT2D eigenvalue weighted by Crippen LogP contribution is -2.16. The Morgan fingerprint density at radius 1 is 0.306 bits per heavy atom. The first-order chi connectivity index (χ1) is 30.1. The Balaban J connectivity index is 1.26. The van der Waals surface area contributed by atoms with Crippen LogP contribution < -0.4 is 4.74 Å². The maximum Gasteiger partial charge on any atom is 0.573 e. The van der Waals surface area contributed by atoms with Crippen molar-refractivity contribution >= 4 is 64.6 Å². The summed E-state index contributed by atoms with van der Waals surface area (Å²) in [6, 6.07) is 56.8. The van der Waals surface area contributed by atoms with E-state index in [4.69, 9.17) is 0 Å². The minimum atomic E-state index is -4.83. The van der Waals surface area contributed by atoms with E-state index in [0.29, 0.717) is 11.1 Å². The SMILES string of the molecule is Fc1cc(-c2cc(-c3cc4ccccc4c4ccccc34)c3cc4cc(-c5ccc(OC(F)(F)F)cc5)cc(-c5cc6ccccc6c6ccccc56)c4cc3c2)cc(F)c1F. The molecule has 0 unspecified atom stereocenters. The molecule has 1 nitrogen and oxygen atoms in total. The van der Waals surface area contributed by atoms with Crippen LogP contribution >= 0.6 is 0 Å². The lowest BCUT2D eigenvalue weighted by Gasteiger charge is -2.19. The van der Waals surface area contributed by atoms with Gasteiger partial charge in [0.15, 0.2) is 17.5 Å². The van der Waals surface area contributed by atoms with Gasteiger partial charge in [0.1, 0.15) is 5.75 Å². The van der Waals surface area contributed by atoms with Gasteiger partial charge < -0.3 is 4.74 Å². The summed E-state index contributed by atoms with van der Waals surface area (Å²) in [6.45, 7) is 0. The van der Waals surface area contributed by atoms with Crippen LogP contribution in [0.2, 0.25) is 0 Å². The maximum atomic E-state index is 14.9. The van der Waals surface area contributed by atoms with Crippen molar-refractivity contribution in [1.29, 1.82) is 0 Å². The van der Waals surface area contributed by atoms with E-state index in [2.05, 4.69) is 83.6 Å². The zero-order chi connectivity index (χ0) is 42.3. The molecule has 0 heterocycles. The third kappa shape index (κ3) is 6.36. The van der Waals surface area contributed by atoms with Gasteiger partial charge in [-0.1, -0.05) is 109 Å². The first-order valence-corrected chi connectivity index (χ1v) is 19.9. The number of rotatable bonds is 5. The standard InChI is InChI=1S/C55H30F6O/c56-52-29-36(30-53(57)54(52)58)35-22-38-28-46-37(27-47(38)51(26-35)49-24-33-10-2-4-12-41(33)43-14-6-8-16-45(43)49)21-34(31-17-19-39(20-18-31)62-55(59,60)61)25-50(46)48-23-32-9-1-3-11-40(32)42-13-5-7-15-44(42)48/h1-30H. The number of hydrogen-bond acceptors (Lipinski definition) is 1. The van der Waals surface area contributed by atoms with Gasteiger partial charge in [0.05, 0.1) is 0 Å². The molecule has 11 aromatic rings. The molecule has 7 heteroatoms. The topological polar surface area (TPSA) is 9.23 Å². The molecular weight excluding hydrogens is 791 g/mol. The molecule has 0 amide bonds. The largest absolute Gasteiger partial charge is 0.573 e. The minimum Gasteiger partial charge on any atom is -0.406 e. The van der Waals surface area contributed by atoms with E-state index < -0.39 is 23.8 Å². The Hall–Kier alpha value is -7.64. The van der Waals surface area contributed by atoms with E-state index in [1.165, 1.54) is 12.1 Å². The zero-order valence-electron chi connectivity index (χ0n) is 32.5. The van der Waals surface area contributed by atoms with Crippen molar-refractivity contribution in [2.75, 3.05) is 0 Å². The normalized spacial score (nSPS) is 12.0. The highest BCUT2D eigenvalue weighted by Gasteiger charge is 2.31. The number of alkyl halides is 3. The second-order valence-electron chi connectivity index (χ2n) is 15.5. The van der Waals surface area contributed by atoms with Gasteiger partial charge in [0.25, 0.3) is 0 Å². The minimum absolute atomic E-state index is 0.184. The molecule has 11 rings (SSSR count). The average Bonchev–Trinajstić information content (AvgIpc) is 3.28. The quantitative estimate of drug-likeness (QED) is 0.0727. The summed E-state index contributed by atoms with van der Waals surface area (Å²) in [4.78, 5) is 0. The maximum absolute atomic E-state index is 14.9. The van der Waals surface area contributed by atoms with Crippen molar-refractivity contribution in [1.82, 2.24) is 0 Å². The van der Waals surface area contributed by atoms with E-state index >= 15 is 0 Å². The summed E-state index contributed by atoms with van der Waals surface area (Å²) >= 11 is 0. The lowest BCUT2D eigenvalue weighted by molar-refractivity contribution is -0.274. The third-order valence-corrected chi connectivity index (χ3v) is 11.9. The number of halogens is 6. The van der Waals surface area contributed by atoms with Gasteiger partial charge in [-0.2, -0.15) is 0 Å². The Kier molecular flexibility index (Phi) is 8.58. The molecule has 0 aliphatic heterocycles. The lowest BCUT2D eigenvalue weighted by atomic mass is 9.85. The Morgan fingerprint density at radius 2 is 0.694 bits per heavy atom. The molecule has 0 radical (unpaired) electrons. The van der Waals surface area contributed by atoms with Crippen LogP contribution in [-0.4, -0.2) is 6.36 Å². The molecule has 0 N–H and O–H groups in total. The molecule has 11 aromatic carbocycles. The van der Waals surface area contributed by atoms with E-state index in [-0.39, 0.29) is 11.3 Å². The molecule has 0 saturated carbocycles. The predicted octanol–water partition coefficient (Wildman–Crippen LogP) is 16.6. The van der Waals surface area contributed by atoms with Crippen LogP contribution in [0.3, 0.4) is 0 Å². The van der Waals surface area contributed by atoms with Gasteiger partial charge in [0, 0.05) is 0 Å². The highest BCUT2D eigenvalue weighted by molar-refractivity contribution is 6.21. The van der Waals surface area contributed by atoms with E-state index in [0.717, 1.165) is 105 Å². The van der Waals surface area contributed by atoms with Gasteiger partial charge in [-0.15, -0.1) is 13.2 Å². The summed E-state index contributed by atoms with van der Waals surface area (Å²) in [5.74, 6) is -4.43. The molecule has 0 saturated heterocycles. The molecule has 0 aliphatic rings. The van der Waals surface area contributed by atoms with Crippen molar-refractivity contribution in [2.24, 2.45) is 0 Å². The van der Waals surface area contributed by atoms with Crippen molar-refractivity contribution < 1.29 is 31.1 Å². The average molecular weight is 821 g/mol. The fourth-order valence-electron chi connectivity index (χ4n) is 9.13. The van der Waals surface area contributed by atoms with Gasteiger partial charge in [-0.25, -0.2) is 13.2 Å². The highest BCUT2D eigenvalue weighted by atomic mass is 19.4. The summed E-state index contributed by atoms with van der Waals surface area (Å²) in [7, 11) is 0. The second kappa shape index (κ2) is 14.2. The molecule has 62 heavy (non-hydrogen) atoms. The third-order valence-electron chi connectivity index (χ3n) is 11.9. The van der Waals surface area contributed by atoms with E-state index in [1.807, 2.05) is 66.7 Å². The van der Waals surface area contributed by atoms with Crippen LogP contribution in [0.25, 0.3) is 109 Å². The van der Waals surface area contributed by atoms with Crippen LogP contribution in [0.4, 0.5) is 26.3 Å². The van der Waals surface area contributed by atoms with Crippen LogP contribution in [0.1, 0.15) is 0 Å². The van der Waals surface area contributed by atoms with Gasteiger partial charge >= 0.3 is 6.36 Å². The second-order valence-corrected chi connectivity index (χ2v) is 15.5. The molecular formula is C55H30F6O. The number of fused-ring (bicyclic) bond motifs is 8. The molecule has 298 valence electrons. The van der Waals surface area contributed by atoms with Crippen molar-refractivity contribution in [3.63, 3.8) is 0 Å². The Bertz CT molecular complexity index is 3610. The first kappa shape index (κ1) is 37.4. The monoisotopic (exact) mass is 820 g/mol. The van der Waals surface area contributed by atoms with E-state index in [9.17, 15) is 26.3 Å². The summed E-state index contributed by atoms with van der Waals surface area (Å²) in [6.07, 6.45) is -4.83. The van der Waals surface area contributed by atoms with Gasteiger partial charge in [-0.05, 0) is 182 Å². The van der Waals surface area contributed by atoms with Crippen LogP contribution in [0, 0.1) is 17.5 Å².